The molecule has 1 amide bonds. The van der Waals surface area contributed by atoms with Crippen LogP contribution in [0.25, 0.3) is 0 Å². The third-order valence-corrected chi connectivity index (χ3v) is 5.44. The first-order valence-corrected chi connectivity index (χ1v) is 9.87. The fraction of sp³-hybridized carbons (Fsp3) is 0.182. The van der Waals surface area contributed by atoms with Gasteiger partial charge in [0.1, 0.15) is 18.2 Å². The van der Waals surface area contributed by atoms with Crippen LogP contribution in [0.2, 0.25) is 5.02 Å². The predicted octanol–water partition coefficient (Wildman–Crippen LogP) is 5.14. The molecule has 32 heavy (non-hydrogen) atoms. The normalized spacial score (nSPS) is 13.5. The molecule has 2 heterocycles. The van der Waals surface area contributed by atoms with Crippen molar-refractivity contribution in [1.82, 2.24) is 4.98 Å². The van der Waals surface area contributed by atoms with E-state index < -0.39 is 18.3 Å². The molecule has 0 spiro atoms. The van der Waals surface area contributed by atoms with Crippen molar-refractivity contribution in [2.75, 3.05) is 16.5 Å². The molecule has 0 fully saturated rings. The summed E-state index contributed by atoms with van der Waals surface area (Å²) in [6.07, 6.45) is 0. The first kappa shape index (κ1) is 21.8. The quantitative estimate of drug-likeness (QED) is 0.581. The van der Waals surface area contributed by atoms with Crippen molar-refractivity contribution in [3.8, 4) is 5.75 Å². The minimum Gasteiger partial charge on any atom is -0.433 e. The number of nitrogens with zero attached hydrogens (tertiary/aromatic N) is 2. The summed E-state index contributed by atoms with van der Waals surface area (Å²) in [5, 5.41) is -0.159. The molecule has 0 saturated heterocycles. The summed E-state index contributed by atoms with van der Waals surface area (Å²) >= 11 is 6.12. The summed E-state index contributed by atoms with van der Waals surface area (Å²) in [4.78, 5) is 30.7. The Hall–Kier alpha value is -3.46. The van der Waals surface area contributed by atoms with Gasteiger partial charge >= 0.3 is 6.61 Å². The molecule has 1 aliphatic rings. The van der Waals surface area contributed by atoms with E-state index in [1.54, 1.807) is 18.7 Å². The van der Waals surface area contributed by atoms with Gasteiger partial charge in [0.2, 0.25) is 5.56 Å². The summed E-state index contributed by atoms with van der Waals surface area (Å²) in [5.41, 5.74) is 2.13. The lowest BCUT2D eigenvalue weighted by Gasteiger charge is -2.39. The van der Waals surface area contributed by atoms with Crippen LogP contribution < -0.4 is 20.1 Å². The number of H-pyrrole nitrogens is 1. The molecular weight excluding hydrogens is 447 g/mol. The molecule has 1 N–H and O–H groups in total. The lowest BCUT2D eigenvalue weighted by molar-refractivity contribution is -0.0497. The number of rotatable bonds is 4. The Morgan fingerprint density at radius 1 is 1.00 bits per heavy atom. The number of aromatic nitrogens is 1. The van der Waals surface area contributed by atoms with Crippen molar-refractivity contribution in [2.45, 2.75) is 20.5 Å². The van der Waals surface area contributed by atoms with E-state index in [9.17, 15) is 22.8 Å². The van der Waals surface area contributed by atoms with Crippen molar-refractivity contribution in [3.63, 3.8) is 0 Å². The number of aromatic amines is 1. The highest BCUT2D eigenvalue weighted by Crippen LogP contribution is 2.42. The van der Waals surface area contributed by atoms with Gasteiger partial charge in [-0.05, 0) is 49.7 Å². The smallest absolute Gasteiger partial charge is 0.387 e. The molecule has 6 nitrogen and oxygen atoms in total. The molecule has 2 aromatic carbocycles. The standard InChI is InChI=1S/C22H17ClF3N3O3/c1-11-7-13(24)3-4-16(11)28-10-29(17-5-6-20(30)27-12(17)2)21(31)14-8-15(23)19(9-18(14)28)32-22(25)26/h3-9,22H,10H2,1-2H3,(H,27,30). The number of hydrogen-bond donors (Lipinski definition) is 1. The Balaban J connectivity index is 1.92. The van der Waals surface area contributed by atoms with E-state index in [-0.39, 0.29) is 34.3 Å². The molecule has 1 aromatic heterocycles. The zero-order chi connectivity index (χ0) is 23.2. The van der Waals surface area contributed by atoms with E-state index >= 15 is 0 Å². The van der Waals surface area contributed by atoms with E-state index in [1.165, 1.54) is 47.4 Å². The number of fused-ring (bicyclic) bond motifs is 1. The Bertz CT molecular complexity index is 1280. The Labute approximate surface area is 185 Å². The van der Waals surface area contributed by atoms with Crippen molar-refractivity contribution < 1.29 is 22.7 Å². The molecule has 1 aliphatic heterocycles. The molecule has 166 valence electrons. The molecule has 0 bridgehead atoms. The number of ether oxygens (including phenoxy) is 1. The van der Waals surface area contributed by atoms with Crippen molar-refractivity contribution in [1.29, 1.82) is 0 Å². The van der Waals surface area contributed by atoms with Crippen LogP contribution >= 0.6 is 11.6 Å². The zero-order valence-corrected chi connectivity index (χ0v) is 17.7. The van der Waals surface area contributed by atoms with Crippen LogP contribution in [0.15, 0.2) is 47.3 Å². The molecule has 0 atom stereocenters. The third-order valence-electron chi connectivity index (χ3n) is 5.14. The second-order valence-corrected chi connectivity index (χ2v) is 7.65. The minimum atomic E-state index is -3.11. The fourth-order valence-electron chi connectivity index (χ4n) is 3.73. The van der Waals surface area contributed by atoms with Gasteiger partial charge in [0, 0.05) is 23.5 Å². The number of pyridine rings is 1. The highest BCUT2D eigenvalue weighted by molar-refractivity contribution is 6.33. The van der Waals surface area contributed by atoms with E-state index in [4.69, 9.17) is 11.6 Å². The molecule has 3 aromatic rings. The van der Waals surface area contributed by atoms with Gasteiger partial charge in [0.05, 0.1) is 22.0 Å². The van der Waals surface area contributed by atoms with Gasteiger partial charge in [0.25, 0.3) is 5.91 Å². The fourth-order valence-corrected chi connectivity index (χ4v) is 3.93. The number of benzene rings is 2. The number of hydrogen-bond acceptors (Lipinski definition) is 4. The second-order valence-electron chi connectivity index (χ2n) is 7.24. The first-order valence-electron chi connectivity index (χ1n) is 9.49. The number of aryl methyl sites for hydroxylation is 2. The van der Waals surface area contributed by atoms with Crippen LogP contribution in [0.1, 0.15) is 21.6 Å². The van der Waals surface area contributed by atoms with Crippen molar-refractivity contribution in [3.05, 3.63) is 80.5 Å². The summed E-state index contributed by atoms with van der Waals surface area (Å²) in [6, 6.07) is 9.46. The maximum Gasteiger partial charge on any atom is 0.387 e. The minimum absolute atomic E-state index is 0.0268. The Kier molecular flexibility index (Phi) is 5.60. The van der Waals surface area contributed by atoms with Gasteiger partial charge in [-0.3, -0.25) is 14.5 Å². The molecular formula is C22H17ClF3N3O3. The van der Waals surface area contributed by atoms with Gasteiger partial charge in [-0.25, -0.2) is 4.39 Å². The first-order chi connectivity index (χ1) is 15.2. The van der Waals surface area contributed by atoms with Crippen molar-refractivity contribution in [2.24, 2.45) is 0 Å². The van der Waals surface area contributed by atoms with E-state index in [2.05, 4.69) is 9.72 Å². The van der Waals surface area contributed by atoms with Crippen LogP contribution in [-0.4, -0.2) is 24.2 Å². The van der Waals surface area contributed by atoms with Gasteiger partial charge < -0.3 is 14.6 Å². The summed E-state index contributed by atoms with van der Waals surface area (Å²) in [7, 11) is 0. The third kappa shape index (κ3) is 3.91. The number of nitrogens with one attached hydrogen (secondary N) is 1. The average Bonchev–Trinajstić information content (AvgIpc) is 2.70. The van der Waals surface area contributed by atoms with E-state index in [1.807, 2.05) is 0 Å². The number of amides is 1. The molecule has 0 saturated carbocycles. The van der Waals surface area contributed by atoms with Crippen LogP contribution in [0.4, 0.5) is 30.2 Å². The molecule has 0 aliphatic carbocycles. The van der Waals surface area contributed by atoms with Gasteiger partial charge in [-0.1, -0.05) is 11.6 Å². The number of carbonyl (C=O) groups is 1. The van der Waals surface area contributed by atoms with Crippen LogP contribution in [-0.2, 0) is 0 Å². The largest absolute Gasteiger partial charge is 0.433 e. The van der Waals surface area contributed by atoms with Gasteiger partial charge in [0.15, 0.2) is 0 Å². The molecule has 10 heteroatoms. The predicted molar refractivity (Wildman–Crippen MR) is 115 cm³/mol. The number of alkyl halides is 2. The second kappa shape index (κ2) is 8.23. The highest BCUT2D eigenvalue weighted by atomic mass is 35.5. The number of anilines is 3. The monoisotopic (exact) mass is 463 g/mol. The average molecular weight is 464 g/mol. The van der Waals surface area contributed by atoms with Crippen LogP contribution in [0.5, 0.6) is 5.75 Å². The van der Waals surface area contributed by atoms with Crippen LogP contribution in [0, 0.1) is 19.7 Å². The van der Waals surface area contributed by atoms with Crippen molar-refractivity contribution >= 4 is 34.6 Å². The maximum absolute atomic E-state index is 13.7. The van der Waals surface area contributed by atoms with Crippen LogP contribution in [0.3, 0.4) is 0 Å². The summed E-state index contributed by atoms with van der Waals surface area (Å²) in [5.74, 6) is -1.17. The lowest BCUT2D eigenvalue weighted by atomic mass is 10.0. The topological polar surface area (TPSA) is 65.6 Å². The Morgan fingerprint density at radius 3 is 2.38 bits per heavy atom. The summed E-state index contributed by atoms with van der Waals surface area (Å²) < 4.78 is 44.0. The van der Waals surface area contributed by atoms with E-state index in [0.29, 0.717) is 22.6 Å². The lowest BCUT2D eigenvalue weighted by Crippen LogP contribution is -2.45. The molecule has 0 radical (unpaired) electrons. The SMILES string of the molecule is Cc1cc(F)ccc1N1CN(c2ccc(=O)[nH]c2C)C(=O)c2cc(Cl)c(OC(F)F)cc21. The van der Waals surface area contributed by atoms with Gasteiger partial charge in [-0.15, -0.1) is 0 Å². The Morgan fingerprint density at radius 2 is 1.72 bits per heavy atom. The molecule has 4 rings (SSSR count). The highest BCUT2D eigenvalue weighted by Gasteiger charge is 2.34. The van der Waals surface area contributed by atoms with E-state index in [0.717, 1.165) is 0 Å². The number of carbonyl (C=O) groups excluding carboxylic acids is 1. The zero-order valence-electron chi connectivity index (χ0n) is 17.0. The summed E-state index contributed by atoms with van der Waals surface area (Å²) in [6.45, 7) is 0.211. The maximum atomic E-state index is 13.7. The molecule has 0 unspecified atom stereocenters. The number of halogens is 4. The van der Waals surface area contributed by atoms with Gasteiger partial charge in [-0.2, -0.15) is 8.78 Å².